The number of carbonyl (C=O) groups excluding carboxylic acids is 1. The fourth-order valence-corrected chi connectivity index (χ4v) is 3.06. The second-order valence-electron chi connectivity index (χ2n) is 5.54. The van der Waals surface area contributed by atoms with E-state index in [2.05, 4.69) is 10.6 Å². The molecule has 2 saturated heterocycles. The van der Waals surface area contributed by atoms with Crippen molar-refractivity contribution in [2.45, 2.75) is 50.2 Å². The first-order valence-electron chi connectivity index (χ1n) is 7.10. The number of benzene rings is 1. The van der Waals surface area contributed by atoms with Crippen LogP contribution in [0.15, 0.2) is 30.3 Å². The number of halogens is 1. The highest BCUT2D eigenvalue weighted by molar-refractivity contribution is 5.67. The molecule has 5 heteroatoms. The van der Waals surface area contributed by atoms with E-state index in [4.69, 9.17) is 4.74 Å². The monoisotopic (exact) mass is 278 g/mol. The number of hydrogen-bond acceptors (Lipinski definition) is 3. The lowest BCUT2D eigenvalue weighted by atomic mass is 9.98. The highest BCUT2D eigenvalue weighted by Gasteiger charge is 2.42. The Labute approximate surface area is 117 Å². The minimum absolute atomic E-state index is 0.117. The van der Waals surface area contributed by atoms with Crippen molar-refractivity contribution in [1.82, 2.24) is 10.6 Å². The van der Waals surface area contributed by atoms with Crippen molar-refractivity contribution < 1.29 is 13.9 Å². The van der Waals surface area contributed by atoms with E-state index in [1.54, 1.807) is 0 Å². The van der Waals surface area contributed by atoms with Gasteiger partial charge in [0.1, 0.15) is 12.8 Å². The minimum Gasteiger partial charge on any atom is -0.445 e. The summed E-state index contributed by atoms with van der Waals surface area (Å²) in [6.45, 7) is 0.210. The maximum Gasteiger partial charge on any atom is 0.407 e. The van der Waals surface area contributed by atoms with Gasteiger partial charge in [0.2, 0.25) is 0 Å². The maximum absolute atomic E-state index is 14.1. The van der Waals surface area contributed by atoms with Gasteiger partial charge in [-0.2, -0.15) is 0 Å². The lowest BCUT2D eigenvalue weighted by Gasteiger charge is -2.32. The number of ether oxygens (including phenoxy) is 1. The summed E-state index contributed by atoms with van der Waals surface area (Å²) in [6, 6.07) is 9.22. The molecule has 0 aliphatic carbocycles. The molecule has 2 aliphatic heterocycles. The topological polar surface area (TPSA) is 50.4 Å². The highest BCUT2D eigenvalue weighted by Crippen LogP contribution is 2.29. The zero-order valence-corrected chi connectivity index (χ0v) is 11.2. The van der Waals surface area contributed by atoms with Gasteiger partial charge in [0, 0.05) is 12.1 Å². The van der Waals surface area contributed by atoms with E-state index in [1.165, 1.54) is 0 Å². The van der Waals surface area contributed by atoms with Gasteiger partial charge in [-0.1, -0.05) is 30.3 Å². The molecule has 2 fully saturated rings. The second-order valence-corrected chi connectivity index (χ2v) is 5.54. The Bertz CT molecular complexity index is 468. The van der Waals surface area contributed by atoms with Gasteiger partial charge in [-0.3, -0.25) is 0 Å². The van der Waals surface area contributed by atoms with Crippen LogP contribution in [-0.4, -0.2) is 30.4 Å². The zero-order valence-electron chi connectivity index (χ0n) is 11.2. The van der Waals surface area contributed by atoms with Gasteiger partial charge in [0.25, 0.3) is 0 Å². The van der Waals surface area contributed by atoms with E-state index in [0.717, 1.165) is 18.4 Å². The van der Waals surface area contributed by atoms with Gasteiger partial charge in [-0.05, 0) is 24.8 Å². The van der Waals surface area contributed by atoms with Gasteiger partial charge in [0.05, 0.1) is 6.04 Å². The van der Waals surface area contributed by atoms with E-state index in [1.807, 2.05) is 30.3 Å². The van der Waals surface area contributed by atoms with E-state index in [9.17, 15) is 9.18 Å². The Hall–Kier alpha value is -1.62. The summed E-state index contributed by atoms with van der Waals surface area (Å²) in [5.74, 6) is 0. The third-order valence-corrected chi connectivity index (χ3v) is 4.10. The van der Waals surface area contributed by atoms with Gasteiger partial charge >= 0.3 is 6.09 Å². The Balaban J connectivity index is 1.49. The molecule has 3 rings (SSSR count). The SMILES string of the molecule is O=C(N[C@@H]1C[C@@H]2CC[C@@H](N2)[C@@H]1F)OCc1ccccc1. The summed E-state index contributed by atoms with van der Waals surface area (Å²) in [7, 11) is 0. The molecule has 2 N–H and O–H groups in total. The lowest BCUT2D eigenvalue weighted by molar-refractivity contribution is 0.111. The number of alkyl halides is 1. The predicted octanol–water partition coefficient (Wildman–Crippen LogP) is 2.14. The van der Waals surface area contributed by atoms with Crippen molar-refractivity contribution in [3.63, 3.8) is 0 Å². The minimum atomic E-state index is -1.03. The average molecular weight is 278 g/mol. The van der Waals surface area contributed by atoms with Crippen LogP contribution in [0.4, 0.5) is 9.18 Å². The third-order valence-electron chi connectivity index (χ3n) is 4.10. The summed E-state index contributed by atoms with van der Waals surface area (Å²) in [4.78, 5) is 11.7. The third kappa shape index (κ3) is 2.93. The molecule has 0 radical (unpaired) electrons. The normalized spacial score (nSPS) is 31.9. The first kappa shape index (κ1) is 13.4. The first-order valence-corrected chi connectivity index (χ1v) is 7.10. The molecule has 0 saturated carbocycles. The van der Waals surface area contributed by atoms with Crippen LogP contribution in [0.3, 0.4) is 0 Å². The molecule has 1 amide bonds. The molecule has 0 unspecified atom stereocenters. The van der Waals surface area contributed by atoms with Crippen molar-refractivity contribution in [3.8, 4) is 0 Å². The summed E-state index contributed by atoms with van der Waals surface area (Å²) in [5.41, 5.74) is 0.921. The quantitative estimate of drug-likeness (QED) is 0.890. The molecular weight excluding hydrogens is 259 g/mol. The number of alkyl carbamates (subject to hydrolysis) is 1. The van der Waals surface area contributed by atoms with Crippen LogP contribution in [0.2, 0.25) is 0 Å². The average Bonchev–Trinajstić information content (AvgIpc) is 2.88. The molecule has 0 spiro atoms. The molecule has 2 heterocycles. The van der Waals surface area contributed by atoms with Crippen molar-refractivity contribution >= 4 is 6.09 Å². The first-order chi connectivity index (χ1) is 9.72. The number of rotatable bonds is 3. The van der Waals surface area contributed by atoms with Crippen molar-refractivity contribution in [2.24, 2.45) is 0 Å². The van der Waals surface area contributed by atoms with Gasteiger partial charge in [0.15, 0.2) is 0 Å². The van der Waals surface area contributed by atoms with Crippen LogP contribution in [0.5, 0.6) is 0 Å². The molecule has 4 atom stereocenters. The maximum atomic E-state index is 14.1. The molecule has 2 aliphatic rings. The second kappa shape index (κ2) is 5.79. The van der Waals surface area contributed by atoms with Gasteiger partial charge in [-0.15, -0.1) is 0 Å². The van der Waals surface area contributed by atoms with E-state index in [0.29, 0.717) is 12.5 Å². The molecule has 0 aromatic heterocycles. The Kier molecular flexibility index (Phi) is 3.87. The van der Waals surface area contributed by atoms with Crippen LogP contribution >= 0.6 is 0 Å². The standard InChI is InChI=1S/C15H19FN2O2/c16-14-12-7-6-11(17-12)8-13(14)18-15(19)20-9-10-4-2-1-3-5-10/h1-5,11-14,17H,6-9H2,(H,18,19)/t11-,12+,13+,14-/m0/s1. The van der Waals surface area contributed by atoms with Crippen molar-refractivity contribution in [3.05, 3.63) is 35.9 Å². The fraction of sp³-hybridized carbons (Fsp3) is 0.533. The highest BCUT2D eigenvalue weighted by atomic mass is 19.1. The zero-order chi connectivity index (χ0) is 13.9. The van der Waals surface area contributed by atoms with Crippen LogP contribution in [0.1, 0.15) is 24.8 Å². The number of nitrogens with one attached hydrogen (secondary N) is 2. The van der Waals surface area contributed by atoms with Crippen LogP contribution < -0.4 is 10.6 Å². The largest absolute Gasteiger partial charge is 0.445 e. The Morgan fingerprint density at radius 2 is 2.15 bits per heavy atom. The predicted molar refractivity (Wildman–Crippen MR) is 73.0 cm³/mol. The smallest absolute Gasteiger partial charge is 0.407 e. The van der Waals surface area contributed by atoms with Gasteiger partial charge in [-0.25, -0.2) is 9.18 Å². The summed E-state index contributed by atoms with van der Waals surface area (Å²) in [6.07, 6.45) is 0.907. The number of carbonyl (C=O) groups is 1. The van der Waals surface area contributed by atoms with Crippen LogP contribution in [0, 0.1) is 0 Å². The summed E-state index contributed by atoms with van der Waals surface area (Å²) in [5, 5.41) is 5.90. The molecule has 4 nitrogen and oxygen atoms in total. The van der Waals surface area contributed by atoms with Crippen LogP contribution in [0.25, 0.3) is 0 Å². The number of fused-ring (bicyclic) bond motifs is 2. The molecule has 1 aromatic carbocycles. The summed E-state index contributed by atoms with van der Waals surface area (Å²) >= 11 is 0. The molecule has 108 valence electrons. The number of piperidine rings is 1. The van der Waals surface area contributed by atoms with Crippen LogP contribution in [-0.2, 0) is 11.3 Å². The molecular formula is C15H19FN2O2. The van der Waals surface area contributed by atoms with Crippen molar-refractivity contribution in [1.29, 1.82) is 0 Å². The van der Waals surface area contributed by atoms with E-state index >= 15 is 0 Å². The molecule has 1 aromatic rings. The molecule has 20 heavy (non-hydrogen) atoms. The lowest BCUT2D eigenvalue weighted by Crippen LogP contribution is -2.56. The summed E-state index contributed by atoms with van der Waals surface area (Å²) < 4.78 is 19.3. The molecule has 2 bridgehead atoms. The van der Waals surface area contributed by atoms with E-state index < -0.39 is 18.3 Å². The Morgan fingerprint density at radius 3 is 2.95 bits per heavy atom. The van der Waals surface area contributed by atoms with E-state index in [-0.39, 0.29) is 12.6 Å². The number of amides is 1. The fourth-order valence-electron chi connectivity index (χ4n) is 3.06. The Morgan fingerprint density at radius 1 is 1.35 bits per heavy atom. The van der Waals surface area contributed by atoms with Gasteiger partial charge < -0.3 is 15.4 Å². The number of hydrogen-bond donors (Lipinski definition) is 2. The van der Waals surface area contributed by atoms with Crippen molar-refractivity contribution in [2.75, 3.05) is 0 Å².